The lowest BCUT2D eigenvalue weighted by Crippen LogP contribution is -2.48. The number of carbonyl (C=O) groups is 1. The van der Waals surface area contributed by atoms with Crippen LogP contribution < -0.4 is 5.32 Å². The predicted molar refractivity (Wildman–Crippen MR) is 132 cm³/mol. The van der Waals surface area contributed by atoms with Crippen LogP contribution in [0, 0.1) is 5.41 Å². The van der Waals surface area contributed by atoms with Crippen LogP contribution in [0.15, 0.2) is 48.7 Å². The van der Waals surface area contributed by atoms with Gasteiger partial charge in [0, 0.05) is 17.0 Å². The summed E-state index contributed by atoms with van der Waals surface area (Å²) in [6.45, 7) is 6.52. The van der Waals surface area contributed by atoms with Crippen LogP contribution in [0.1, 0.15) is 45.0 Å². The number of benzene rings is 2. The first-order valence-corrected chi connectivity index (χ1v) is 11.8. The molecule has 0 saturated heterocycles. The number of anilines is 1. The SMILES string of the molecule is CC12CCC(C(=O)Nc3cccc4cccnc34)(c3nc4cc(Cl)c(Cl)cc4nc31)C2(C)C. The van der Waals surface area contributed by atoms with Crippen LogP contribution in [-0.4, -0.2) is 20.9 Å². The number of hydrogen-bond acceptors (Lipinski definition) is 4. The van der Waals surface area contributed by atoms with Crippen molar-refractivity contribution in [2.24, 2.45) is 5.41 Å². The van der Waals surface area contributed by atoms with Crippen molar-refractivity contribution in [3.05, 3.63) is 70.1 Å². The second kappa shape index (κ2) is 6.64. The van der Waals surface area contributed by atoms with E-state index in [1.54, 1.807) is 18.3 Å². The number of nitrogens with one attached hydrogen (secondary N) is 1. The Morgan fingerprint density at radius 1 is 0.939 bits per heavy atom. The van der Waals surface area contributed by atoms with E-state index in [1.165, 1.54) is 0 Å². The van der Waals surface area contributed by atoms with E-state index in [0.29, 0.717) is 33.2 Å². The Morgan fingerprint density at radius 3 is 2.33 bits per heavy atom. The van der Waals surface area contributed by atoms with Crippen molar-refractivity contribution in [1.82, 2.24) is 15.0 Å². The molecule has 2 unspecified atom stereocenters. The molecular formula is C26H22Cl2N4O. The lowest BCUT2D eigenvalue weighted by atomic mass is 9.63. The summed E-state index contributed by atoms with van der Waals surface area (Å²) in [6.07, 6.45) is 3.30. The van der Waals surface area contributed by atoms with Crippen molar-refractivity contribution in [3.8, 4) is 0 Å². The van der Waals surface area contributed by atoms with Gasteiger partial charge in [0.2, 0.25) is 5.91 Å². The number of amides is 1. The molecule has 2 aliphatic carbocycles. The molecule has 5 nitrogen and oxygen atoms in total. The normalized spacial score (nSPS) is 24.9. The number of carbonyl (C=O) groups excluding carboxylic acids is 1. The van der Waals surface area contributed by atoms with Gasteiger partial charge in [0.05, 0.1) is 49.1 Å². The zero-order valence-corrected chi connectivity index (χ0v) is 20.1. The van der Waals surface area contributed by atoms with Gasteiger partial charge in [-0.05, 0) is 42.5 Å². The predicted octanol–water partition coefficient (Wildman–Crippen LogP) is 6.45. The number of fused-ring (bicyclic) bond motifs is 7. The van der Waals surface area contributed by atoms with Crippen LogP contribution in [0.5, 0.6) is 0 Å². The lowest BCUT2D eigenvalue weighted by molar-refractivity contribution is -0.125. The molecular weight excluding hydrogens is 455 g/mol. The molecule has 2 bridgehead atoms. The van der Waals surface area contributed by atoms with E-state index in [4.69, 9.17) is 33.2 Å². The Morgan fingerprint density at radius 2 is 1.61 bits per heavy atom. The monoisotopic (exact) mass is 476 g/mol. The zero-order chi connectivity index (χ0) is 23.2. The minimum atomic E-state index is -0.818. The second-order valence-electron chi connectivity index (χ2n) is 9.87. The third-order valence-electron chi connectivity index (χ3n) is 8.35. The van der Waals surface area contributed by atoms with Gasteiger partial charge in [0.15, 0.2) is 0 Å². The number of nitrogens with zero attached hydrogens (tertiary/aromatic N) is 3. The first kappa shape index (κ1) is 20.8. The molecule has 4 aromatic rings. The van der Waals surface area contributed by atoms with Gasteiger partial charge in [-0.15, -0.1) is 0 Å². The first-order valence-electron chi connectivity index (χ1n) is 11.0. The number of pyridine rings is 1. The molecule has 2 aromatic heterocycles. The van der Waals surface area contributed by atoms with E-state index < -0.39 is 10.8 Å². The maximum Gasteiger partial charge on any atom is 0.237 e. The minimum absolute atomic E-state index is 0.0677. The van der Waals surface area contributed by atoms with Crippen LogP contribution in [0.25, 0.3) is 21.9 Å². The molecule has 166 valence electrons. The van der Waals surface area contributed by atoms with Crippen molar-refractivity contribution in [3.63, 3.8) is 0 Å². The zero-order valence-electron chi connectivity index (χ0n) is 18.5. The van der Waals surface area contributed by atoms with E-state index in [0.717, 1.165) is 28.7 Å². The number of para-hydroxylation sites is 1. The van der Waals surface area contributed by atoms with Crippen molar-refractivity contribution in [2.45, 2.75) is 44.4 Å². The summed E-state index contributed by atoms with van der Waals surface area (Å²) in [5.41, 5.74) is 2.95. The Hall–Kier alpha value is -2.76. The van der Waals surface area contributed by atoms with E-state index >= 15 is 0 Å². The highest BCUT2D eigenvalue weighted by molar-refractivity contribution is 6.42. The van der Waals surface area contributed by atoms with Crippen LogP contribution in [0.2, 0.25) is 10.0 Å². The standard InChI is InChI=1S/C26H22Cl2N4O/c1-24(2)25(3)9-10-26(24,22-21(25)30-18-12-15(27)16(28)13-19(18)31-22)23(33)32-17-8-4-6-14-7-5-11-29-20(14)17/h4-8,11-13H,9-10H2,1-3H3,(H,32,33). The third kappa shape index (κ3) is 2.50. The van der Waals surface area contributed by atoms with Crippen LogP contribution in [0.3, 0.4) is 0 Å². The summed E-state index contributed by atoms with van der Waals surface area (Å²) in [7, 11) is 0. The number of halogens is 2. The molecule has 0 radical (unpaired) electrons. The fourth-order valence-corrected chi connectivity index (χ4v) is 6.35. The third-order valence-corrected chi connectivity index (χ3v) is 9.07. The molecule has 0 spiro atoms. The topological polar surface area (TPSA) is 67.8 Å². The molecule has 1 amide bonds. The van der Waals surface area contributed by atoms with Gasteiger partial charge >= 0.3 is 0 Å². The van der Waals surface area contributed by atoms with Crippen molar-refractivity contribution < 1.29 is 4.79 Å². The molecule has 2 heterocycles. The fraction of sp³-hybridized carbons (Fsp3) is 0.308. The van der Waals surface area contributed by atoms with E-state index in [-0.39, 0.29) is 11.3 Å². The van der Waals surface area contributed by atoms with Gasteiger partial charge in [0.1, 0.15) is 0 Å². The lowest BCUT2D eigenvalue weighted by Gasteiger charge is -2.39. The molecule has 1 fully saturated rings. The molecule has 2 aliphatic rings. The summed E-state index contributed by atoms with van der Waals surface area (Å²) >= 11 is 12.5. The molecule has 7 heteroatoms. The van der Waals surface area contributed by atoms with Crippen LogP contribution in [-0.2, 0) is 15.6 Å². The quantitative estimate of drug-likeness (QED) is 0.360. The average molecular weight is 477 g/mol. The van der Waals surface area contributed by atoms with Gasteiger partial charge in [0.25, 0.3) is 0 Å². The van der Waals surface area contributed by atoms with Gasteiger partial charge in [-0.3, -0.25) is 9.78 Å². The van der Waals surface area contributed by atoms with E-state index in [9.17, 15) is 4.79 Å². The summed E-state index contributed by atoms with van der Waals surface area (Å²) in [6, 6.07) is 13.2. The van der Waals surface area contributed by atoms with Crippen LogP contribution in [0.4, 0.5) is 5.69 Å². The van der Waals surface area contributed by atoms with Gasteiger partial charge < -0.3 is 5.32 Å². The van der Waals surface area contributed by atoms with Gasteiger partial charge in [-0.1, -0.05) is 62.2 Å². The number of rotatable bonds is 2. The molecule has 2 atom stereocenters. The average Bonchev–Trinajstić information content (AvgIpc) is 3.08. The molecule has 2 aromatic carbocycles. The Labute approximate surface area is 201 Å². The maximum absolute atomic E-state index is 14.2. The van der Waals surface area contributed by atoms with Crippen LogP contribution >= 0.6 is 23.2 Å². The summed E-state index contributed by atoms with van der Waals surface area (Å²) in [5, 5.41) is 5.06. The first-order chi connectivity index (χ1) is 15.7. The molecule has 0 aliphatic heterocycles. The fourth-order valence-electron chi connectivity index (χ4n) is 6.04. The minimum Gasteiger partial charge on any atom is -0.323 e. The highest BCUT2D eigenvalue weighted by Crippen LogP contribution is 2.70. The summed E-state index contributed by atoms with van der Waals surface area (Å²) in [5.74, 6) is -0.0677. The number of aromatic nitrogens is 3. The largest absolute Gasteiger partial charge is 0.323 e. The number of hydrogen-bond donors (Lipinski definition) is 1. The Balaban J connectivity index is 1.55. The van der Waals surface area contributed by atoms with E-state index in [2.05, 4.69) is 31.1 Å². The van der Waals surface area contributed by atoms with E-state index in [1.807, 2.05) is 30.3 Å². The molecule has 1 saturated carbocycles. The van der Waals surface area contributed by atoms with Crippen molar-refractivity contribution in [2.75, 3.05) is 5.32 Å². The van der Waals surface area contributed by atoms with Crippen molar-refractivity contribution >= 4 is 56.7 Å². The van der Waals surface area contributed by atoms with Crippen molar-refractivity contribution in [1.29, 1.82) is 0 Å². The smallest absolute Gasteiger partial charge is 0.237 e. The highest BCUT2D eigenvalue weighted by Gasteiger charge is 2.73. The maximum atomic E-state index is 14.2. The Bertz CT molecular complexity index is 1500. The molecule has 6 rings (SSSR count). The highest BCUT2D eigenvalue weighted by atomic mass is 35.5. The summed E-state index contributed by atoms with van der Waals surface area (Å²) in [4.78, 5) is 28.7. The Kier molecular flexibility index (Phi) is 4.19. The molecule has 1 N–H and O–H groups in total. The second-order valence-corrected chi connectivity index (χ2v) is 10.7. The summed E-state index contributed by atoms with van der Waals surface area (Å²) < 4.78 is 0. The van der Waals surface area contributed by atoms with Gasteiger partial charge in [-0.25, -0.2) is 9.97 Å². The van der Waals surface area contributed by atoms with Gasteiger partial charge in [-0.2, -0.15) is 0 Å². The molecule has 33 heavy (non-hydrogen) atoms.